The standard InChI is InChI=1S/C19H16N4O4S2/c1-19(17(24)22-18(25)28-19)12-8-6-11(7-9-12)13-4-3-5-14(29(2,26)27)15(13)16-20-10-21-23-16/h3-9H,10H2,1-2H3,(H,22,24,25). The van der Waals surface area contributed by atoms with E-state index in [9.17, 15) is 18.0 Å². The number of benzene rings is 2. The molecule has 0 aliphatic carbocycles. The van der Waals surface area contributed by atoms with E-state index in [2.05, 4.69) is 20.5 Å². The Labute approximate surface area is 171 Å². The van der Waals surface area contributed by atoms with Crippen molar-refractivity contribution in [1.82, 2.24) is 5.32 Å². The van der Waals surface area contributed by atoms with Crippen LogP contribution in [0.4, 0.5) is 4.79 Å². The minimum Gasteiger partial charge on any atom is -0.286 e. The molecule has 10 heteroatoms. The van der Waals surface area contributed by atoms with Crippen LogP contribution in [0.5, 0.6) is 0 Å². The minimum atomic E-state index is -3.52. The Bertz CT molecular complexity index is 1200. The number of aliphatic imine (C=N–C) groups is 1. The summed E-state index contributed by atoms with van der Waals surface area (Å²) >= 11 is 0.935. The highest BCUT2D eigenvalue weighted by Gasteiger charge is 2.45. The molecule has 2 heterocycles. The Balaban J connectivity index is 1.83. The van der Waals surface area contributed by atoms with Crippen LogP contribution < -0.4 is 5.32 Å². The summed E-state index contributed by atoms with van der Waals surface area (Å²) in [5.41, 5.74) is 2.45. The van der Waals surface area contributed by atoms with E-state index in [0.29, 0.717) is 16.7 Å². The molecule has 2 amide bonds. The van der Waals surface area contributed by atoms with E-state index in [-0.39, 0.29) is 28.5 Å². The molecular weight excluding hydrogens is 412 g/mol. The lowest BCUT2D eigenvalue weighted by Gasteiger charge is -2.19. The van der Waals surface area contributed by atoms with Gasteiger partial charge in [-0.2, -0.15) is 5.11 Å². The largest absolute Gasteiger partial charge is 0.287 e. The van der Waals surface area contributed by atoms with Crippen LogP contribution in [-0.4, -0.2) is 38.3 Å². The first kappa shape index (κ1) is 19.5. The van der Waals surface area contributed by atoms with Crippen molar-refractivity contribution in [3.05, 3.63) is 53.6 Å². The van der Waals surface area contributed by atoms with Crippen molar-refractivity contribution in [2.24, 2.45) is 15.2 Å². The number of hydrogen-bond acceptors (Lipinski definition) is 8. The number of carbonyl (C=O) groups is 2. The van der Waals surface area contributed by atoms with Crippen LogP contribution in [0.3, 0.4) is 0 Å². The van der Waals surface area contributed by atoms with Crippen LogP contribution in [0, 0.1) is 0 Å². The zero-order chi connectivity index (χ0) is 20.8. The Morgan fingerprint density at radius 1 is 1.10 bits per heavy atom. The maximum atomic E-state index is 12.3. The second-order valence-electron chi connectivity index (χ2n) is 6.77. The molecule has 1 unspecified atom stereocenters. The van der Waals surface area contributed by atoms with E-state index >= 15 is 0 Å². The number of amidine groups is 1. The SMILES string of the molecule is CC1(c2ccc(-c3cccc(S(C)(=O)=O)c3C3=NCN=N3)cc2)SC(=O)NC1=O. The molecule has 4 rings (SSSR count). The first-order valence-corrected chi connectivity index (χ1v) is 11.3. The van der Waals surface area contributed by atoms with Gasteiger partial charge in [0.2, 0.25) is 5.91 Å². The molecule has 29 heavy (non-hydrogen) atoms. The van der Waals surface area contributed by atoms with E-state index < -0.39 is 14.6 Å². The van der Waals surface area contributed by atoms with Gasteiger partial charge in [-0.3, -0.25) is 14.9 Å². The summed E-state index contributed by atoms with van der Waals surface area (Å²) in [5.74, 6) is -0.0888. The second-order valence-corrected chi connectivity index (χ2v) is 10.1. The highest BCUT2D eigenvalue weighted by atomic mass is 32.2. The van der Waals surface area contributed by atoms with Crippen LogP contribution in [0.25, 0.3) is 11.1 Å². The molecule has 0 radical (unpaired) electrons. The highest BCUT2D eigenvalue weighted by Crippen LogP contribution is 2.41. The number of thioether (sulfide) groups is 1. The Morgan fingerprint density at radius 2 is 1.83 bits per heavy atom. The summed E-state index contributed by atoms with van der Waals surface area (Å²) < 4.78 is 23.6. The predicted octanol–water partition coefficient (Wildman–Crippen LogP) is 3.13. The van der Waals surface area contributed by atoms with E-state index in [0.717, 1.165) is 23.6 Å². The smallest absolute Gasteiger partial charge is 0.286 e. The predicted molar refractivity (Wildman–Crippen MR) is 110 cm³/mol. The number of rotatable bonds is 4. The van der Waals surface area contributed by atoms with Crippen LogP contribution >= 0.6 is 11.8 Å². The van der Waals surface area contributed by atoms with Crippen LogP contribution in [0.15, 0.2) is 62.6 Å². The normalized spacial score (nSPS) is 21.4. The van der Waals surface area contributed by atoms with Gasteiger partial charge in [-0.1, -0.05) is 36.4 Å². The number of sulfone groups is 1. The molecule has 2 aromatic rings. The molecule has 2 aliphatic heterocycles. The first-order valence-electron chi connectivity index (χ1n) is 8.61. The van der Waals surface area contributed by atoms with Crippen molar-refractivity contribution in [3.63, 3.8) is 0 Å². The van der Waals surface area contributed by atoms with Crippen molar-refractivity contribution in [2.75, 3.05) is 12.9 Å². The third kappa shape index (κ3) is 3.38. The van der Waals surface area contributed by atoms with Crippen molar-refractivity contribution >= 4 is 38.6 Å². The Kier molecular flexibility index (Phi) is 4.62. The summed E-state index contributed by atoms with van der Waals surface area (Å²) in [7, 11) is -3.52. The van der Waals surface area contributed by atoms with Gasteiger partial charge in [0.15, 0.2) is 22.3 Å². The van der Waals surface area contributed by atoms with E-state index in [1.807, 2.05) is 0 Å². The zero-order valence-corrected chi connectivity index (χ0v) is 17.2. The number of amides is 2. The number of imide groups is 1. The summed E-state index contributed by atoms with van der Waals surface area (Å²) in [6.45, 7) is 1.85. The summed E-state index contributed by atoms with van der Waals surface area (Å²) in [6.07, 6.45) is 1.14. The van der Waals surface area contributed by atoms with Crippen molar-refractivity contribution in [1.29, 1.82) is 0 Å². The van der Waals surface area contributed by atoms with Gasteiger partial charge in [0, 0.05) is 11.8 Å². The number of azo groups is 1. The zero-order valence-electron chi connectivity index (χ0n) is 15.5. The molecule has 0 aromatic heterocycles. The average molecular weight is 428 g/mol. The quantitative estimate of drug-likeness (QED) is 0.803. The van der Waals surface area contributed by atoms with Crippen molar-refractivity contribution in [2.45, 2.75) is 16.6 Å². The van der Waals surface area contributed by atoms with Crippen LogP contribution in [0.1, 0.15) is 18.1 Å². The lowest BCUT2D eigenvalue weighted by molar-refractivity contribution is -0.121. The van der Waals surface area contributed by atoms with Crippen molar-refractivity contribution in [3.8, 4) is 11.1 Å². The molecule has 2 aromatic carbocycles. The van der Waals surface area contributed by atoms with Gasteiger partial charge >= 0.3 is 0 Å². The van der Waals surface area contributed by atoms with Gasteiger partial charge in [-0.15, -0.1) is 5.11 Å². The fraction of sp³-hybridized carbons (Fsp3) is 0.211. The van der Waals surface area contributed by atoms with Gasteiger partial charge in [0.25, 0.3) is 5.24 Å². The third-order valence-electron chi connectivity index (χ3n) is 4.79. The van der Waals surface area contributed by atoms with Gasteiger partial charge in [0.05, 0.1) is 4.90 Å². The Morgan fingerprint density at radius 3 is 2.38 bits per heavy atom. The maximum Gasteiger partial charge on any atom is 0.287 e. The van der Waals surface area contributed by atoms with Crippen molar-refractivity contribution < 1.29 is 18.0 Å². The average Bonchev–Trinajstić information content (AvgIpc) is 3.29. The fourth-order valence-electron chi connectivity index (χ4n) is 3.30. The molecule has 1 saturated heterocycles. The van der Waals surface area contributed by atoms with E-state index in [1.54, 1.807) is 43.3 Å². The molecule has 0 spiro atoms. The molecule has 1 atom stereocenters. The van der Waals surface area contributed by atoms with E-state index in [1.165, 1.54) is 6.07 Å². The lowest BCUT2D eigenvalue weighted by Crippen LogP contribution is -2.31. The summed E-state index contributed by atoms with van der Waals surface area (Å²) in [5, 5.41) is 9.75. The van der Waals surface area contributed by atoms with E-state index in [4.69, 9.17) is 0 Å². The van der Waals surface area contributed by atoms with Crippen LogP contribution in [0.2, 0.25) is 0 Å². The summed E-state index contributed by atoms with van der Waals surface area (Å²) in [4.78, 5) is 28.1. The molecule has 1 N–H and O–H groups in total. The molecule has 148 valence electrons. The maximum absolute atomic E-state index is 12.3. The first-order chi connectivity index (χ1) is 13.7. The topological polar surface area (TPSA) is 117 Å². The number of carbonyl (C=O) groups excluding carboxylic acids is 2. The number of hydrogen-bond donors (Lipinski definition) is 1. The van der Waals surface area contributed by atoms with Gasteiger partial charge in [0.1, 0.15) is 4.75 Å². The second kappa shape index (κ2) is 6.89. The molecule has 0 saturated carbocycles. The summed E-state index contributed by atoms with van der Waals surface area (Å²) in [6, 6.07) is 12.1. The highest BCUT2D eigenvalue weighted by molar-refractivity contribution is 8.15. The molecule has 8 nitrogen and oxygen atoms in total. The monoisotopic (exact) mass is 428 g/mol. The number of nitrogens with zero attached hydrogens (tertiary/aromatic N) is 3. The number of nitrogens with one attached hydrogen (secondary N) is 1. The molecule has 1 fully saturated rings. The van der Waals surface area contributed by atoms with Crippen LogP contribution in [-0.2, 0) is 19.4 Å². The van der Waals surface area contributed by atoms with Gasteiger partial charge < -0.3 is 0 Å². The molecule has 2 aliphatic rings. The third-order valence-corrected chi connectivity index (χ3v) is 7.05. The van der Waals surface area contributed by atoms with Gasteiger partial charge in [-0.25, -0.2) is 13.4 Å². The Hall–Kier alpha value is -2.85. The van der Waals surface area contributed by atoms with Gasteiger partial charge in [-0.05, 0) is 41.4 Å². The lowest BCUT2D eigenvalue weighted by atomic mass is 9.94. The minimum absolute atomic E-state index is 0.127. The molecule has 0 bridgehead atoms. The fourth-order valence-corrected chi connectivity index (χ4v) is 5.11. The molecular formula is C19H16N4O4S2.